The normalized spacial score (nSPS) is 27.1. The molecule has 6 nitrogen and oxygen atoms in total. The number of piperidine rings is 1. The third-order valence-electron chi connectivity index (χ3n) is 10.0. The number of aryl methyl sites for hydroxylation is 1. The van der Waals surface area contributed by atoms with Crippen molar-refractivity contribution in [2.45, 2.75) is 70.3 Å². The summed E-state index contributed by atoms with van der Waals surface area (Å²) in [6.45, 7) is 9.96. The van der Waals surface area contributed by atoms with Gasteiger partial charge in [0.2, 0.25) is 0 Å². The number of nitrogens with zero attached hydrogens (tertiary/aromatic N) is 5. The number of halogens is 5. The lowest BCUT2D eigenvalue weighted by atomic mass is 9.85. The van der Waals surface area contributed by atoms with Crippen LogP contribution in [0.25, 0.3) is 6.08 Å². The molecule has 0 radical (unpaired) electrons. The molecule has 7 rings (SSSR count). The Bertz CT molecular complexity index is 1540. The molecule has 256 valence electrons. The first-order valence-electron chi connectivity index (χ1n) is 16.7. The molecule has 1 aromatic heterocycles. The van der Waals surface area contributed by atoms with Crippen LogP contribution < -0.4 is 10.2 Å². The summed E-state index contributed by atoms with van der Waals surface area (Å²) in [6.07, 6.45) is 3.39. The number of nitrogens with one attached hydrogen (secondary N) is 1. The van der Waals surface area contributed by atoms with Crippen molar-refractivity contribution in [2.24, 2.45) is 5.92 Å². The molecule has 0 amide bonds. The highest BCUT2D eigenvalue weighted by Crippen LogP contribution is 2.45. The van der Waals surface area contributed by atoms with Crippen LogP contribution in [0.5, 0.6) is 0 Å². The second kappa shape index (κ2) is 13.5. The Labute approximate surface area is 277 Å². The predicted octanol–water partition coefficient (Wildman–Crippen LogP) is 7.80. The number of fused-ring (bicyclic) bond motifs is 9. The van der Waals surface area contributed by atoms with Gasteiger partial charge in [0.1, 0.15) is 23.3 Å². The molecule has 2 fully saturated rings. The molecule has 2 aromatic rings. The molecule has 12 heteroatoms. The maximum atomic E-state index is 16.1. The lowest BCUT2D eigenvalue weighted by Gasteiger charge is -2.40. The summed E-state index contributed by atoms with van der Waals surface area (Å²) in [5.74, 6) is -0.683. The van der Waals surface area contributed by atoms with Crippen molar-refractivity contribution in [1.29, 1.82) is 0 Å². The fraction of sp³-hybridized carbons (Fsp3) is 0.571. The van der Waals surface area contributed by atoms with Crippen LogP contribution in [0.3, 0.4) is 0 Å². The molecular formula is C35H45F5N6S. The Morgan fingerprint density at radius 2 is 1.70 bits per heavy atom. The van der Waals surface area contributed by atoms with Crippen molar-refractivity contribution < 1.29 is 22.0 Å². The highest BCUT2D eigenvalue weighted by molar-refractivity contribution is 8.14. The van der Waals surface area contributed by atoms with E-state index in [-0.39, 0.29) is 48.4 Å². The molecule has 2 saturated heterocycles. The SMILES string of the molecule is C=C1C(N2CCS(=C)CC2)=Cc2c3nc(C)nc2N1CCCCCC(F)(F)CN1CCC(CC1)C(F)(F)c1cccc(c1F)[C@@H](C)N3. The highest BCUT2D eigenvalue weighted by Gasteiger charge is 2.46. The van der Waals surface area contributed by atoms with Gasteiger partial charge in [-0.15, -0.1) is 0 Å². The molecule has 5 aliphatic rings. The van der Waals surface area contributed by atoms with E-state index in [1.54, 1.807) is 18.7 Å². The molecule has 5 aliphatic heterocycles. The van der Waals surface area contributed by atoms with Crippen molar-refractivity contribution in [3.63, 3.8) is 0 Å². The molecule has 1 N–H and O–H groups in total. The molecule has 8 bridgehead atoms. The van der Waals surface area contributed by atoms with Crippen molar-refractivity contribution in [3.05, 3.63) is 64.5 Å². The van der Waals surface area contributed by atoms with Gasteiger partial charge in [-0.2, -0.15) is 10.5 Å². The zero-order valence-corrected chi connectivity index (χ0v) is 28.1. The number of aromatic nitrogens is 2. The average molecular weight is 677 g/mol. The average Bonchev–Trinajstić information content (AvgIpc) is 3.02. The molecule has 47 heavy (non-hydrogen) atoms. The first-order valence-corrected chi connectivity index (χ1v) is 18.4. The van der Waals surface area contributed by atoms with Gasteiger partial charge < -0.3 is 15.1 Å². The van der Waals surface area contributed by atoms with E-state index in [1.807, 2.05) is 11.0 Å². The van der Waals surface area contributed by atoms with E-state index in [4.69, 9.17) is 9.97 Å². The summed E-state index contributed by atoms with van der Waals surface area (Å²) in [7, 11) is 0.106. The fourth-order valence-electron chi connectivity index (χ4n) is 7.28. The lowest BCUT2D eigenvalue weighted by Crippen LogP contribution is -2.44. The van der Waals surface area contributed by atoms with E-state index < -0.39 is 41.7 Å². The van der Waals surface area contributed by atoms with Crippen LogP contribution in [0, 0.1) is 18.7 Å². The minimum absolute atomic E-state index is 0.0220. The van der Waals surface area contributed by atoms with E-state index >= 15 is 22.0 Å². The van der Waals surface area contributed by atoms with Crippen LogP contribution in [0.4, 0.5) is 33.6 Å². The largest absolute Gasteiger partial charge is 0.368 e. The maximum Gasteiger partial charge on any atom is 0.278 e. The molecule has 0 saturated carbocycles. The van der Waals surface area contributed by atoms with Crippen LogP contribution in [0.1, 0.15) is 74.0 Å². The summed E-state index contributed by atoms with van der Waals surface area (Å²) in [5.41, 5.74) is 1.87. The topological polar surface area (TPSA) is 47.5 Å². The number of benzene rings is 1. The second-order valence-electron chi connectivity index (χ2n) is 13.4. The van der Waals surface area contributed by atoms with E-state index in [0.717, 1.165) is 42.1 Å². The van der Waals surface area contributed by atoms with Crippen molar-refractivity contribution in [3.8, 4) is 0 Å². The first-order chi connectivity index (χ1) is 22.3. The van der Waals surface area contributed by atoms with Gasteiger partial charge in [0.25, 0.3) is 11.8 Å². The van der Waals surface area contributed by atoms with Crippen molar-refractivity contribution >= 4 is 34.1 Å². The smallest absolute Gasteiger partial charge is 0.278 e. The number of hydrogen-bond donors (Lipinski definition) is 1. The molecule has 1 aromatic carbocycles. The molecule has 1 atom stereocenters. The third-order valence-corrected chi connectivity index (χ3v) is 11.5. The monoisotopic (exact) mass is 676 g/mol. The molecule has 6 heterocycles. The summed E-state index contributed by atoms with van der Waals surface area (Å²) >= 11 is 0. The van der Waals surface area contributed by atoms with Gasteiger partial charge in [-0.3, -0.25) is 4.90 Å². The molecule has 0 aliphatic carbocycles. The molecular weight excluding hydrogens is 631 g/mol. The predicted molar refractivity (Wildman–Crippen MR) is 182 cm³/mol. The zero-order valence-electron chi connectivity index (χ0n) is 27.3. The van der Waals surface area contributed by atoms with E-state index in [2.05, 4.69) is 22.7 Å². The lowest BCUT2D eigenvalue weighted by molar-refractivity contribution is -0.0992. The highest BCUT2D eigenvalue weighted by atomic mass is 32.2. The van der Waals surface area contributed by atoms with Gasteiger partial charge in [-0.1, -0.05) is 37.1 Å². The van der Waals surface area contributed by atoms with Gasteiger partial charge >= 0.3 is 0 Å². The summed E-state index contributed by atoms with van der Waals surface area (Å²) in [5, 5.41) is 3.34. The molecule has 0 unspecified atom stereocenters. The van der Waals surface area contributed by atoms with E-state index in [1.165, 1.54) is 12.1 Å². The Morgan fingerprint density at radius 3 is 2.43 bits per heavy atom. The Hall–Kier alpha value is -2.99. The first kappa shape index (κ1) is 33.9. The summed E-state index contributed by atoms with van der Waals surface area (Å²) < 4.78 is 78.1. The Morgan fingerprint density at radius 1 is 0.979 bits per heavy atom. The number of hydrogen-bond acceptors (Lipinski definition) is 6. The van der Waals surface area contributed by atoms with E-state index in [0.29, 0.717) is 48.8 Å². The van der Waals surface area contributed by atoms with Crippen molar-refractivity contribution in [2.75, 3.05) is 61.0 Å². The second-order valence-corrected chi connectivity index (χ2v) is 15.4. The minimum atomic E-state index is -3.45. The number of anilines is 2. The van der Waals surface area contributed by atoms with Crippen LogP contribution in [0.2, 0.25) is 0 Å². The van der Waals surface area contributed by atoms with Gasteiger partial charge in [-0.25, -0.2) is 31.9 Å². The van der Waals surface area contributed by atoms with Gasteiger partial charge in [0.15, 0.2) is 0 Å². The zero-order chi connectivity index (χ0) is 33.5. The quantitative estimate of drug-likeness (QED) is 0.246. The van der Waals surface area contributed by atoms with Crippen LogP contribution in [-0.4, -0.2) is 82.3 Å². The Kier molecular flexibility index (Phi) is 9.73. The third kappa shape index (κ3) is 7.09. The Balaban J connectivity index is 1.40. The number of alkyl halides is 4. The molecule has 0 spiro atoms. The maximum absolute atomic E-state index is 16.1. The number of rotatable bonds is 1. The van der Waals surface area contributed by atoms with E-state index in [9.17, 15) is 0 Å². The summed E-state index contributed by atoms with van der Waals surface area (Å²) in [6, 6.07) is 3.43. The van der Waals surface area contributed by atoms with Gasteiger partial charge in [0, 0.05) is 49.0 Å². The summed E-state index contributed by atoms with van der Waals surface area (Å²) in [4.78, 5) is 15.4. The van der Waals surface area contributed by atoms with Crippen LogP contribution in [0.15, 0.2) is 36.2 Å². The standard InChI is InChI=1S/C35H45F5N6S/c1-23-27-9-8-10-29(31(27)36)35(39,40)26-11-15-44(16-12-26)22-34(37,38)13-6-5-7-14-46-24(2)30(45-17-19-47(4)20-18-45)21-28-32(41-23)42-25(3)43-33(28)46/h8-10,21,23,26H,2,4-7,11-20,22H2,1,3H3,(H,41,42,43)/t23-/m1/s1. The van der Waals surface area contributed by atoms with Gasteiger partial charge in [0.05, 0.1) is 35.1 Å². The van der Waals surface area contributed by atoms with Crippen molar-refractivity contribution in [1.82, 2.24) is 19.8 Å². The van der Waals surface area contributed by atoms with Crippen LogP contribution >= 0.6 is 10.5 Å². The van der Waals surface area contributed by atoms with Crippen LogP contribution in [-0.2, 0) is 5.92 Å². The van der Waals surface area contributed by atoms with Gasteiger partial charge in [-0.05, 0) is 58.7 Å². The minimum Gasteiger partial charge on any atom is -0.368 e. The fourth-order valence-corrected chi connectivity index (χ4v) is 8.45.